The summed E-state index contributed by atoms with van der Waals surface area (Å²) in [4.78, 5) is 13.7. The molecule has 0 aliphatic heterocycles. The molecule has 0 aromatic heterocycles. The predicted octanol–water partition coefficient (Wildman–Crippen LogP) is 2.41. The van der Waals surface area contributed by atoms with Crippen molar-refractivity contribution in [2.45, 2.75) is 26.3 Å². The van der Waals surface area contributed by atoms with Crippen molar-refractivity contribution in [3.63, 3.8) is 0 Å². The molecule has 1 fully saturated rings. The molecule has 0 unspecified atom stereocenters. The monoisotopic (exact) mass is 217 g/mol. The van der Waals surface area contributed by atoms with Crippen LogP contribution in [-0.4, -0.2) is 24.3 Å². The molecule has 0 atom stereocenters. The van der Waals surface area contributed by atoms with Crippen molar-refractivity contribution in [3.8, 4) is 0 Å². The van der Waals surface area contributed by atoms with Crippen LogP contribution in [0.2, 0.25) is 0 Å². The highest BCUT2D eigenvalue weighted by Gasteiger charge is 2.29. The number of hydrogen-bond donors (Lipinski definition) is 0. The van der Waals surface area contributed by atoms with E-state index >= 15 is 0 Å². The van der Waals surface area contributed by atoms with Crippen molar-refractivity contribution >= 4 is 5.78 Å². The zero-order valence-electron chi connectivity index (χ0n) is 10.1. The summed E-state index contributed by atoms with van der Waals surface area (Å²) in [7, 11) is 2.01. The van der Waals surface area contributed by atoms with E-state index in [-0.39, 0.29) is 0 Å². The standard InChI is InChI=1S/C14H19NO/c1-11-3-5-12(6-4-11)9-15(2)10-14(16)13-7-8-13/h3-6,13H,7-10H2,1-2H3. The Hall–Kier alpha value is -1.15. The van der Waals surface area contributed by atoms with Gasteiger partial charge in [-0.2, -0.15) is 0 Å². The maximum atomic E-state index is 11.6. The van der Waals surface area contributed by atoms with E-state index in [4.69, 9.17) is 0 Å². The molecule has 86 valence electrons. The molecule has 0 saturated heterocycles. The van der Waals surface area contributed by atoms with E-state index in [1.807, 2.05) is 7.05 Å². The Morgan fingerprint density at radius 2 is 1.94 bits per heavy atom. The summed E-state index contributed by atoms with van der Waals surface area (Å²) in [6.45, 7) is 3.54. The quantitative estimate of drug-likeness (QED) is 0.755. The van der Waals surface area contributed by atoms with Gasteiger partial charge in [0.15, 0.2) is 0 Å². The fourth-order valence-electron chi connectivity index (χ4n) is 1.86. The van der Waals surface area contributed by atoms with Crippen LogP contribution in [0.4, 0.5) is 0 Å². The molecule has 1 aliphatic rings. The number of Topliss-reactive ketones (excluding diaryl/α,β-unsaturated/α-hetero) is 1. The van der Waals surface area contributed by atoms with Gasteiger partial charge in [0.1, 0.15) is 5.78 Å². The SMILES string of the molecule is Cc1ccc(CN(C)CC(=O)C2CC2)cc1. The van der Waals surface area contributed by atoms with E-state index in [1.54, 1.807) is 0 Å². The molecule has 0 radical (unpaired) electrons. The van der Waals surface area contributed by atoms with Crippen LogP contribution >= 0.6 is 0 Å². The molecular weight excluding hydrogens is 198 g/mol. The van der Waals surface area contributed by atoms with Crippen LogP contribution in [0, 0.1) is 12.8 Å². The van der Waals surface area contributed by atoms with E-state index in [9.17, 15) is 4.79 Å². The topological polar surface area (TPSA) is 20.3 Å². The zero-order valence-corrected chi connectivity index (χ0v) is 10.1. The van der Waals surface area contributed by atoms with E-state index in [0.717, 1.165) is 19.4 Å². The number of rotatable bonds is 5. The maximum Gasteiger partial charge on any atom is 0.149 e. The van der Waals surface area contributed by atoms with Gasteiger partial charge in [-0.15, -0.1) is 0 Å². The first-order valence-electron chi connectivity index (χ1n) is 5.92. The van der Waals surface area contributed by atoms with Gasteiger partial charge in [-0.25, -0.2) is 0 Å². The second-order valence-corrected chi connectivity index (χ2v) is 4.90. The molecule has 0 amide bonds. The number of benzene rings is 1. The van der Waals surface area contributed by atoms with Crippen molar-refractivity contribution in [3.05, 3.63) is 35.4 Å². The van der Waals surface area contributed by atoms with Gasteiger partial charge in [0.05, 0.1) is 6.54 Å². The normalized spacial score (nSPS) is 15.4. The van der Waals surface area contributed by atoms with Gasteiger partial charge in [0, 0.05) is 12.5 Å². The van der Waals surface area contributed by atoms with Crippen LogP contribution < -0.4 is 0 Å². The minimum absolute atomic E-state index is 0.375. The van der Waals surface area contributed by atoms with Crippen molar-refractivity contribution in [2.24, 2.45) is 5.92 Å². The Kier molecular flexibility index (Phi) is 3.39. The van der Waals surface area contributed by atoms with Crippen LogP contribution in [0.3, 0.4) is 0 Å². The molecule has 1 aliphatic carbocycles. The van der Waals surface area contributed by atoms with Crippen LogP contribution in [0.1, 0.15) is 24.0 Å². The maximum absolute atomic E-state index is 11.6. The first-order valence-corrected chi connectivity index (χ1v) is 5.92. The number of likely N-dealkylation sites (N-methyl/N-ethyl adjacent to an activating group) is 1. The van der Waals surface area contributed by atoms with Crippen molar-refractivity contribution < 1.29 is 4.79 Å². The number of carbonyl (C=O) groups excluding carboxylic acids is 1. The first-order chi connectivity index (χ1) is 7.65. The summed E-state index contributed by atoms with van der Waals surface area (Å²) in [6, 6.07) is 8.50. The third-order valence-corrected chi connectivity index (χ3v) is 3.03. The Morgan fingerprint density at radius 3 is 2.50 bits per heavy atom. The number of aryl methyl sites for hydroxylation is 1. The van der Waals surface area contributed by atoms with Gasteiger partial charge in [-0.05, 0) is 32.4 Å². The van der Waals surface area contributed by atoms with Crippen LogP contribution in [0.5, 0.6) is 0 Å². The fourth-order valence-corrected chi connectivity index (χ4v) is 1.86. The molecule has 2 nitrogen and oxygen atoms in total. The fraction of sp³-hybridized carbons (Fsp3) is 0.500. The summed E-state index contributed by atoms with van der Waals surface area (Å²) in [5.74, 6) is 0.787. The van der Waals surface area contributed by atoms with Crippen molar-refractivity contribution in [2.75, 3.05) is 13.6 Å². The van der Waals surface area contributed by atoms with E-state index < -0.39 is 0 Å². The number of carbonyl (C=O) groups is 1. The highest BCUT2D eigenvalue weighted by molar-refractivity contribution is 5.84. The minimum Gasteiger partial charge on any atom is -0.298 e. The van der Waals surface area contributed by atoms with Gasteiger partial charge < -0.3 is 0 Å². The molecular formula is C14H19NO. The molecule has 1 aromatic rings. The Balaban J connectivity index is 1.83. The lowest BCUT2D eigenvalue weighted by atomic mass is 10.1. The molecule has 2 heteroatoms. The van der Waals surface area contributed by atoms with Crippen molar-refractivity contribution in [1.82, 2.24) is 4.90 Å². The van der Waals surface area contributed by atoms with Crippen LogP contribution in [0.25, 0.3) is 0 Å². The molecule has 0 heterocycles. The second kappa shape index (κ2) is 4.79. The number of nitrogens with zero attached hydrogens (tertiary/aromatic N) is 1. The Labute approximate surface area is 97.3 Å². The highest BCUT2D eigenvalue weighted by atomic mass is 16.1. The van der Waals surface area contributed by atoms with Crippen LogP contribution in [0.15, 0.2) is 24.3 Å². The third-order valence-electron chi connectivity index (χ3n) is 3.03. The molecule has 0 bridgehead atoms. The lowest BCUT2D eigenvalue weighted by Crippen LogP contribution is -2.26. The van der Waals surface area contributed by atoms with Gasteiger partial charge >= 0.3 is 0 Å². The lowest BCUT2D eigenvalue weighted by Gasteiger charge is -2.15. The average Bonchev–Trinajstić information content (AvgIpc) is 3.04. The lowest BCUT2D eigenvalue weighted by molar-refractivity contribution is -0.121. The van der Waals surface area contributed by atoms with Crippen molar-refractivity contribution in [1.29, 1.82) is 0 Å². The third kappa shape index (κ3) is 3.17. The predicted molar refractivity (Wildman–Crippen MR) is 65.2 cm³/mol. The van der Waals surface area contributed by atoms with Gasteiger partial charge in [-0.1, -0.05) is 29.8 Å². The Bertz CT molecular complexity index is 365. The van der Waals surface area contributed by atoms with E-state index in [2.05, 4.69) is 36.1 Å². The average molecular weight is 217 g/mol. The number of hydrogen-bond acceptors (Lipinski definition) is 2. The van der Waals surface area contributed by atoms with Gasteiger partial charge in [-0.3, -0.25) is 9.69 Å². The largest absolute Gasteiger partial charge is 0.298 e. The Morgan fingerprint density at radius 1 is 1.31 bits per heavy atom. The molecule has 0 spiro atoms. The van der Waals surface area contributed by atoms with E-state index in [1.165, 1.54) is 11.1 Å². The molecule has 1 saturated carbocycles. The summed E-state index contributed by atoms with van der Waals surface area (Å²) in [5, 5.41) is 0. The second-order valence-electron chi connectivity index (χ2n) is 4.90. The molecule has 0 N–H and O–H groups in total. The summed E-state index contributed by atoms with van der Waals surface area (Å²) < 4.78 is 0. The van der Waals surface area contributed by atoms with Crippen LogP contribution in [-0.2, 0) is 11.3 Å². The highest BCUT2D eigenvalue weighted by Crippen LogP contribution is 2.29. The smallest absolute Gasteiger partial charge is 0.149 e. The van der Waals surface area contributed by atoms with Gasteiger partial charge in [0.25, 0.3) is 0 Å². The molecule has 2 rings (SSSR count). The number of ketones is 1. The molecule has 1 aromatic carbocycles. The van der Waals surface area contributed by atoms with E-state index in [0.29, 0.717) is 18.2 Å². The zero-order chi connectivity index (χ0) is 11.5. The summed E-state index contributed by atoms with van der Waals surface area (Å²) in [6.07, 6.45) is 2.22. The summed E-state index contributed by atoms with van der Waals surface area (Å²) in [5.41, 5.74) is 2.55. The van der Waals surface area contributed by atoms with Gasteiger partial charge in [0.2, 0.25) is 0 Å². The summed E-state index contributed by atoms with van der Waals surface area (Å²) >= 11 is 0. The molecule has 16 heavy (non-hydrogen) atoms. The minimum atomic E-state index is 0.375. The first kappa shape index (κ1) is 11.3.